The number of carbonyl (C=O) groups is 2. The van der Waals surface area contributed by atoms with Crippen LogP contribution in [0.1, 0.15) is 25.5 Å². The number of rotatable bonds is 9. The molecule has 0 fully saturated rings. The van der Waals surface area contributed by atoms with Crippen molar-refractivity contribution in [2.24, 2.45) is 0 Å². The van der Waals surface area contributed by atoms with Gasteiger partial charge in [0, 0.05) is 13.1 Å². The number of hydrogen-bond donors (Lipinski definition) is 0. The Morgan fingerprint density at radius 1 is 1.09 bits per heavy atom. The number of para-hydroxylation sites is 2. The summed E-state index contributed by atoms with van der Waals surface area (Å²) >= 11 is 0. The highest BCUT2D eigenvalue weighted by Crippen LogP contribution is 2.28. The number of methoxy groups -OCH3 is 2. The minimum Gasteiger partial charge on any atom is -0.493 e. The van der Waals surface area contributed by atoms with E-state index in [1.807, 2.05) is 13.0 Å². The molecule has 0 aliphatic heterocycles. The number of ether oxygens (including phenoxy) is 3. The zero-order chi connectivity index (χ0) is 23.3. The first kappa shape index (κ1) is 22.9. The lowest BCUT2D eigenvalue weighted by Gasteiger charge is -2.22. The van der Waals surface area contributed by atoms with Gasteiger partial charge >= 0.3 is 11.7 Å². The molecule has 0 bridgehead atoms. The fourth-order valence-corrected chi connectivity index (χ4v) is 3.38. The van der Waals surface area contributed by atoms with Gasteiger partial charge in [-0.25, -0.2) is 9.59 Å². The third kappa shape index (κ3) is 4.77. The first-order valence-electron chi connectivity index (χ1n) is 10.1. The van der Waals surface area contributed by atoms with Crippen LogP contribution in [0.5, 0.6) is 11.5 Å². The van der Waals surface area contributed by atoms with Gasteiger partial charge in [0.2, 0.25) is 0 Å². The fraction of sp³-hybridized carbons (Fsp3) is 0.348. The van der Waals surface area contributed by atoms with Gasteiger partial charge in [0.05, 0.1) is 19.7 Å². The van der Waals surface area contributed by atoms with Crippen molar-refractivity contribution in [3.8, 4) is 11.5 Å². The van der Waals surface area contributed by atoms with Gasteiger partial charge < -0.3 is 23.5 Å². The number of esters is 1. The van der Waals surface area contributed by atoms with E-state index in [-0.39, 0.29) is 5.91 Å². The van der Waals surface area contributed by atoms with Crippen molar-refractivity contribution in [2.45, 2.75) is 26.4 Å². The van der Waals surface area contributed by atoms with Crippen molar-refractivity contribution in [2.75, 3.05) is 27.4 Å². The number of hydrogen-bond acceptors (Lipinski definition) is 7. The van der Waals surface area contributed by atoms with E-state index in [9.17, 15) is 14.4 Å². The van der Waals surface area contributed by atoms with E-state index in [4.69, 9.17) is 18.6 Å². The number of benzene rings is 2. The fourth-order valence-electron chi connectivity index (χ4n) is 3.38. The van der Waals surface area contributed by atoms with Crippen molar-refractivity contribution >= 4 is 23.0 Å². The molecular formula is C23H26N2O7. The third-order valence-corrected chi connectivity index (χ3v) is 5.14. The molecule has 3 rings (SSSR count). The van der Waals surface area contributed by atoms with Gasteiger partial charge in [-0.15, -0.1) is 0 Å². The minimum atomic E-state index is -0.945. The van der Waals surface area contributed by atoms with Gasteiger partial charge in [0.1, 0.15) is 6.04 Å². The van der Waals surface area contributed by atoms with E-state index in [0.717, 1.165) is 5.56 Å². The predicted molar refractivity (Wildman–Crippen MR) is 117 cm³/mol. The lowest BCUT2D eigenvalue weighted by Crippen LogP contribution is -2.35. The van der Waals surface area contributed by atoms with Crippen LogP contribution in [0.25, 0.3) is 11.1 Å². The van der Waals surface area contributed by atoms with Gasteiger partial charge in [-0.05, 0) is 43.7 Å². The van der Waals surface area contributed by atoms with E-state index in [1.165, 1.54) is 11.5 Å². The van der Waals surface area contributed by atoms with Gasteiger partial charge in [-0.1, -0.05) is 18.2 Å². The van der Waals surface area contributed by atoms with Crippen molar-refractivity contribution < 1.29 is 28.2 Å². The summed E-state index contributed by atoms with van der Waals surface area (Å²) in [6.07, 6.45) is 0. The van der Waals surface area contributed by atoms with Crippen LogP contribution in [0, 0.1) is 0 Å². The zero-order valence-electron chi connectivity index (χ0n) is 18.5. The second-order valence-electron chi connectivity index (χ2n) is 7.09. The molecule has 9 nitrogen and oxygen atoms in total. The molecule has 1 atom stereocenters. The van der Waals surface area contributed by atoms with Crippen LogP contribution in [0.3, 0.4) is 0 Å². The molecule has 0 saturated carbocycles. The normalized spacial score (nSPS) is 11.8. The maximum Gasteiger partial charge on any atom is 0.420 e. The molecule has 0 aliphatic carbocycles. The van der Waals surface area contributed by atoms with Crippen molar-refractivity contribution in [3.05, 3.63) is 58.6 Å². The highest BCUT2D eigenvalue weighted by molar-refractivity contribution is 5.83. The van der Waals surface area contributed by atoms with E-state index in [2.05, 4.69) is 0 Å². The van der Waals surface area contributed by atoms with Gasteiger partial charge in [-0.3, -0.25) is 9.36 Å². The SMILES string of the molecule is CCN(Cc1ccc(OC)c(OC)c1)C(=O)COC(=O)C(C)n1c(=O)oc2ccccc21. The molecule has 1 amide bonds. The monoisotopic (exact) mass is 442 g/mol. The number of fused-ring (bicyclic) bond motifs is 1. The molecule has 0 radical (unpaired) electrons. The summed E-state index contributed by atoms with van der Waals surface area (Å²) in [7, 11) is 3.09. The lowest BCUT2D eigenvalue weighted by atomic mass is 10.2. The average molecular weight is 442 g/mol. The molecule has 0 saturated heterocycles. The summed E-state index contributed by atoms with van der Waals surface area (Å²) in [5, 5.41) is 0. The average Bonchev–Trinajstić information content (AvgIpc) is 3.15. The van der Waals surface area contributed by atoms with Crippen LogP contribution >= 0.6 is 0 Å². The largest absolute Gasteiger partial charge is 0.493 e. The van der Waals surface area contributed by atoms with Crippen LogP contribution in [0.15, 0.2) is 51.7 Å². The number of likely N-dealkylation sites (N-methyl/N-ethyl adjacent to an activating group) is 1. The van der Waals surface area contributed by atoms with Crippen LogP contribution in [-0.4, -0.2) is 48.7 Å². The summed E-state index contributed by atoms with van der Waals surface area (Å²) in [6, 6.07) is 11.2. The van der Waals surface area contributed by atoms with E-state index >= 15 is 0 Å². The molecular weight excluding hydrogens is 416 g/mol. The molecule has 3 aromatic rings. The maximum absolute atomic E-state index is 12.7. The van der Waals surface area contributed by atoms with Crippen LogP contribution in [0.4, 0.5) is 0 Å². The second kappa shape index (κ2) is 10.0. The molecule has 170 valence electrons. The number of carbonyl (C=O) groups excluding carboxylic acids is 2. The first-order valence-corrected chi connectivity index (χ1v) is 10.1. The number of nitrogens with zero attached hydrogens (tertiary/aromatic N) is 2. The Morgan fingerprint density at radius 2 is 1.81 bits per heavy atom. The molecule has 1 heterocycles. The van der Waals surface area contributed by atoms with E-state index in [0.29, 0.717) is 35.7 Å². The minimum absolute atomic E-state index is 0.314. The standard InChI is InChI=1S/C23H26N2O7/c1-5-24(13-16-10-11-19(29-3)20(12-16)30-4)21(26)14-31-22(27)15(2)25-17-8-6-7-9-18(17)32-23(25)28/h6-12,15H,5,13-14H2,1-4H3. The Hall–Kier alpha value is -3.75. The maximum atomic E-state index is 12.7. The zero-order valence-corrected chi connectivity index (χ0v) is 18.5. The topological polar surface area (TPSA) is 100 Å². The van der Waals surface area contributed by atoms with Crippen LogP contribution < -0.4 is 15.2 Å². The van der Waals surface area contributed by atoms with Crippen molar-refractivity contribution in [1.29, 1.82) is 0 Å². The quantitative estimate of drug-likeness (QED) is 0.470. The van der Waals surface area contributed by atoms with Crippen molar-refractivity contribution in [1.82, 2.24) is 9.47 Å². The summed E-state index contributed by atoms with van der Waals surface area (Å²) < 4.78 is 22.1. The Labute approximate surface area is 185 Å². The first-order chi connectivity index (χ1) is 15.4. The summed E-state index contributed by atoms with van der Waals surface area (Å²) in [4.78, 5) is 38.9. The molecule has 1 aromatic heterocycles. The smallest absolute Gasteiger partial charge is 0.420 e. The number of oxazole rings is 1. The summed E-state index contributed by atoms with van der Waals surface area (Å²) in [5.41, 5.74) is 1.70. The molecule has 9 heteroatoms. The van der Waals surface area contributed by atoms with Crippen LogP contribution in [-0.2, 0) is 20.9 Å². The van der Waals surface area contributed by atoms with E-state index < -0.39 is 24.4 Å². The Bertz CT molecular complexity index is 1160. The third-order valence-electron chi connectivity index (χ3n) is 5.14. The summed E-state index contributed by atoms with van der Waals surface area (Å²) in [5.74, 6) is -0.561. The highest BCUT2D eigenvalue weighted by atomic mass is 16.5. The number of amides is 1. The molecule has 0 aliphatic rings. The van der Waals surface area contributed by atoms with Crippen molar-refractivity contribution in [3.63, 3.8) is 0 Å². The van der Waals surface area contributed by atoms with E-state index in [1.54, 1.807) is 55.5 Å². The molecule has 1 unspecified atom stereocenters. The lowest BCUT2D eigenvalue weighted by molar-refractivity contribution is -0.154. The van der Waals surface area contributed by atoms with Gasteiger partial charge in [-0.2, -0.15) is 0 Å². The number of aromatic nitrogens is 1. The second-order valence-corrected chi connectivity index (χ2v) is 7.09. The highest BCUT2D eigenvalue weighted by Gasteiger charge is 2.24. The summed E-state index contributed by atoms with van der Waals surface area (Å²) in [6.45, 7) is 3.66. The molecule has 32 heavy (non-hydrogen) atoms. The molecule has 0 spiro atoms. The molecule has 0 N–H and O–H groups in total. The van der Waals surface area contributed by atoms with Crippen LogP contribution in [0.2, 0.25) is 0 Å². The Morgan fingerprint density at radius 3 is 2.50 bits per heavy atom. The Balaban J connectivity index is 1.65. The molecule has 2 aromatic carbocycles. The predicted octanol–water partition coefficient (Wildman–Crippen LogP) is 2.76. The van der Waals surface area contributed by atoms with Gasteiger partial charge in [0.15, 0.2) is 23.7 Å². The Kier molecular flexibility index (Phi) is 7.19. The van der Waals surface area contributed by atoms with Gasteiger partial charge in [0.25, 0.3) is 5.91 Å².